The van der Waals surface area contributed by atoms with Crippen LogP contribution in [-0.4, -0.2) is 6.04 Å². The van der Waals surface area contributed by atoms with E-state index >= 15 is 0 Å². The molecule has 21 heavy (non-hydrogen) atoms. The molecule has 0 heterocycles. The van der Waals surface area contributed by atoms with E-state index < -0.39 is 0 Å². The third kappa shape index (κ3) is 3.70. The first-order valence-electron chi connectivity index (χ1n) is 7.08. The van der Waals surface area contributed by atoms with Gasteiger partial charge in [0.2, 0.25) is 0 Å². The third-order valence-corrected chi connectivity index (χ3v) is 4.18. The van der Waals surface area contributed by atoms with E-state index in [4.69, 9.17) is 27.9 Å². The summed E-state index contributed by atoms with van der Waals surface area (Å²) >= 11 is 12.5. The molecule has 1 N–H and O–H groups in total. The minimum atomic E-state index is 0.607. The van der Waals surface area contributed by atoms with Crippen LogP contribution in [0.2, 0.25) is 10.0 Å². The predicted octanol–water partition coefficient (Wildman–Crippen LogP) is 5.35. The lowest BCUT2D eigenvalue weighted by molar-refractivity contribution is 0.472. The highest BCUT2D eigenvalue weighted by Gasteiger charge is 2.21. The molecule has 1 aliphatic rings. The first kappa shape index (κ1) is 14.7. The molecule has 0 saturated heterocycles. The van der Waals surface area contributed by atoms with Crippen LogP contribution in [0.1, 0.15) is 24.0 Å². The van der Waals surface area contributed by atoms with Gasteiger partial charge >= 0.3 is 0 Å². The molecule has 2 nitrogen and oxygen atoms in total. The Morgan fingerprint density at radius 1 is 1.10 bits per heavy atom. The fourth-order valence-electron chi connectivity index (χ4n) is 2.15. The molecule has 1 aliphatic carbocycles. The van der Waals surface area contributed by atoms with Crippen molar-refractivity contribution in [2.75, 3.05) is 0 Å². The average Bonchev–Trinajstić information content (AvgIpc) is 3.25. The van der Waals surface area contributed by atoms with E-state index in [-0.39, 0.29) is 0 Å². The van der Waals surface area contributed by atoms with Crippen LogP contribution in [0.15, 0.2) is 36.4 Å². The topological polar surface area (TPSA) is 21.3 Å². The number of rotatable bonds is 5. The largest absolute Gasteiger partial charge is 0.455 e. The van der Waals surface area contributed by atoms with E-state index in [2.05, 4.69) is 5.32 Å². The van der Waals surface area contributed by atoms with Gasteiger partial charge in [0.25, 0.3) is 0 Å². The molecule has 0 aromatic heterocycles. The van der Waals surface area contributed by atoms with Crippen molar-refractivity contribution in [2.24, 2.45) is 0 Å². The summed E-state index contributed by atoms with van der Waals surface area (Å²) in [6.45, 7) is 2.71. The van der Waals surface area contributed by atoms with Gasteiger partial charge in [-0.3, -0.25) is 0 Å². The van der Waals surface area contributed by atoms with Crippen LogP contribution >= 0.6 is 23.2 Å². The zero-order chi connectivity index (χ0) is 14.8. The molecular formula is C17H17Cl2NO. The van der Waals surface area contributed by atoms with E-state index in [1.165, 1.54) is 12.8 Å². The average molecular weight is 322 g/mol. The molecule has 0 spiro atoms. The molecule has 0 unspecified atom stereocenters. The summed E-state index contributed by atoms with van der Waals surface area (Å²) in [5.74, 6) is 1.40. The van der Waals surface area contributed by atoms with Crippen molar-refractivity contribution < 1.29 is 4.74 Å². The molecular weight excluding hydrogens is 305 g/mol. The summed E-state index contributed by atoms with van der Waals surface area (Å²) in [5, 5.41) is 4.79. The van der Waals surface area contributed by atoms with Crippen LogP contribution in [0, 0.1) is 6.92 Å². The number of halogens is 2. The first-order chi connectivity index (χ1) is 10.1. The van der Waals surface area contributed by atoms with Gasteiger partial charge in [0, 0.05) is 23.2 Å². The summed E-state index contributed by atoms with van der Waals surface area (Å²) in [7, 11) is 0. The highest BCUT2D eigenvalue weighted by Crippen LogP contribution is 2.35. The van der Waals surface area contributed by atoms with Crippen molar-refractivity contribution in [3.63, 3.8) is 0 Å². The van der Waals surface area contributed by atoms with Gasteiger partial charge in [-0.25, -0.2) is 0 Å². The van der Waals surface area contributed by atoms with Gasteiger partial charge in [0.05, 0.1) is 5.02 Å². The van der Waals surface area contributed by atoms with E-state index in [1.807, 2.05) is 43.3 Å². The second kappa shape index (κ2) is 6.27. The monoisotopic (exact) mass is 321 g/mol. The van der Waals surface area contributed by atoms with E-state index in [0.29, 0.717) is 28.4 Å². The lowest BCUT2D eigenvalue weighted by atomic mass is 10.2. The molecule has 2 aromatic carbocycles. The Morgan fingerprint density at radius 3 is 2.62 bits per heavy atom. The molecule has 0 bridgehead atoms. The maximum absolute atomic E-state index is 6.31. The van der Waals surface area contributed by atoms with Crippen molar-refractivity contribution in [3.05, 3.63) is 57.6 Å². The van der Waals surface area contributed by atoms with Crippen molar-refractivity contribution in [3.8, 4) is 11.5 Å². The molecule has 110 valence electrons. The van der Waals surface area contributed by atoms with Crippen LogP contribution in [0.3, 0.4) is 0 Å². The van der Waals surface area contributed by atoms with Crippen molar-refractivity contribution in [1.29, 1.82) is 0 Å². The zero-order valence-corrected chi connectivity index (χ0v) is 13.3. The number of ether oxygens (including phenoxy) is 1. The molecule has 1 saturated carbocycles. The Labute approximate surface area is 135 Å². The minimum Gasteiger partial charge on any atom is -0.455 e. The lowest BCUT2D eigenvalue weighted by Gasteiger charge is -2.14. The second-order valence-corrected chi connectivity index (χ2v) is 6.22. The number of benzene rings is 2. The Balaban J connectivity index is 1.84. The summed E-state index contributed by atoms with van der Waals surface area (Å²) in [6, 6.07) is 12.1. The second-order valence-electron chi connectivity index (χ2n) is 5.41. The first-order valence-corrected chi connectivity index (χ1v) is 7.84. The Kier molecular flexibility index (Phi) is 4.39. The number of hydrogen-bond donors (Lipinski definition) is 1. The van der Waals surface area contributed by atoms with Crippen LogP contribution in [-0.2, 0) is 6.54 Å². The summed E-state index contributed by atoms with van der Waals surface area (Å²) in [6.07, 6.45) is 2.48. The Morgan fingerprint density at radius 2 is 1.90 bits per heavy atom. The van der Waals surface area contributed by atoms with Crippen molar-refractivity contribution in [1.82, 2.24) is 5.32 Å². The van der Waals surface area contributed by atoms with Gasteiger partial charge in [0.15, 0.2) is 0 Å². The molecule has 0 amide bonds. The zero-order valence-electron chi connectivity index (χ0n) is 11.8. The van der Waals surface area contributed by atoms with Gasteiger partial charge < -0.3 is 10.1 Å². The fraction of sp³-hybridized carbons (Fsp3) is 0.294. The normalized spacial score (nSPS) is 14.2. The summed E-state index contributed by atoms with van der Waals surface area (Å²) < 4.78 is 5.97. The quantitative estimate of drug-likeness (QED) is 0.801. The number of aryl methyl sites for hydroxylation is 1. The van der Waals surface area contributed by atoms with Gasteiger partial charge in [-0.05, 0) is 49.6 Å². The summed E-state index contributed by atoms with van der Waals surface area (Å²) in [4.78, 5) is 0. The Bertz CT molecular complexity index is 653. The smallest absolute Gasteiger partial charge is 0.146 e. The maximum Gasteiger partial charge on any atom is 0.146 e. The fourth-order valence-corrected chi connectivity index (χ4v) is 2.65. The molecule has 4 heteroatoms. The maximum atomic E-state index is 6.31. The SMILES string of the molecule is Cc1ccc(Oc2cccc(Cl)c2CNC2CC2)c(Cl)c1. The van der Waals surface area contributed by atoms with Crippen molar-refractivity contribution in [2.45, 2.75) is 32.4 Å². The van der Waals surface area contributed by atoms with Crippen LogP contribution in [0.4, 0.5) is 0 Å². The standard InChI is InChI=1S/C17H17Cl2NO/c1-11-5-8-17(15(19)9-11)21-16-4-2-3-14(18)13(16)10-20-12-6-7-12/h2-5,8-9,12,20H,6-7,10H2,1H3. The van der Waals surface area contributed by atoms with E-state index in [9.17, 15) is 0 Å². The molecule has 0 atom stereocenters. The predicted molar refractivity (Wildman–Crippen MR) is 87.6 cm³/mol. The van der Waals surface area contributed by atoms with Crippen LogP contribution in [0.5, 0.6) is 11.5 Å². The van der Waals surface area contributed by atoms with Gasteiger partial charge in [-0.2, -0.15) is 0 Å². The molecule has 0 aliphatic heterocycles. The number of nitrogens with one attached hydrogen (secondary N) is 1. The molecule has 0 radical (unpaired) electrons. The van der Waals surface area contributed by atoms with Gasteiger partial charge in [-0.1, -0.05) is 35.3 Å². The van der Waals surface area contributed by atoms with Gasteiger partial charge in [-0.15, -0.1) is 0 Å². The van der Waals surface area contributed by atoms with Gasteiger partial charge in [0.1, 0.15) is 11.5 Å². The van der Waals surface area contributed by atoms with E-state index in [1.54, 1.807) is 0 Å². The lowest BCUT2D eigenvalue weighted by Crippen LogP contribution is -2.16. The van der Waals surface area contributed by atoms with Crippen LogP contribution in [0.25, 0.3) is 0 Å². The summed E-state index contributed by atoms with van der Waals surface area (Å²) in [5.41, 5.74) is 2.08. The highest BCUT2D eigenvalue weighted by molar-refractivity contribution is 6.32. The molecule has 2 aromatic rings. The number of hydrogen-bond acceptors (Lipinski definition) is 2. The van der Waals surface area contributed by atoms with Crippen molar-refractivity contribution >= 4 is 23.2 Å². The van der Waals surface area contributed by atoms with Crippen LogP contribution < -0.4 is 10.1 Å². The highest BCUT2D eigenvalue weighted by atomic mass is 35.5. The third-order valence-electron chi connectivity index (χ3n) is 3.53. The van der Waals surface area contributed by atoms with E-state index in [0.717, 1.165) is 16.9 Å². The minimum absolute atomic E-state index is 0.607. The molecule has 3 rings (SSSR count). The molecule has 1 fully saturated rings. The Hall–Kier alpha value is -1.22.